The molecule has 0 heterocycles. The van der Waals surface area contributed by atoms with E-state index in [9.17, 15) is 13.6 Å². The van der Waals surface area contributed by atoms with Crippen molar-refractivity contribution in [1.29, 1.82) is 0 Å². The minimum absolute atomic E-state index is 0.199. The van der Waals surface area contributed by atoms with Gasteiger partial charge in [-0.2, -0.15) is 0 Å². The van der Waals surface area contributed by atoms with E-state index in [4.69, 9.17) is 0 Å². The van der Waals surface area contributed by atoms with Gasteiger partial charge in [-0.3, -0.25) is 4.79 Å². The van der Waals surface area contributed by atoms with Crippen molar-refractivity contribution in [2.45, 2.75) is 56.8 Å². The summed E-state index contributed by atoms with van der Waals surface area (Å²) in [4.78, 5) is 11.3. The second-order valence-corrected chi connectivity index (χ2v) is 5.93. The van der Waals surface area contributed by atoms with E-state index in [1.807, 2.05) is 0 Å². The van der Waals surface area contributed by atoms with E-state index in [-0.39, 0.29) is 11.4 Å². The predicted molar refractivity (Wildman–Crippen MR) is 77.0 cm³/mol. The number of hydrogen-bond donors (Lipinski definition) is 0. The lowest BCUT2D eigenvalue weighted by Crippen LogP contribution is -2.29. The van der Waals surface area contributed by atoms with Crippen LogP contribution in [0.25, 0.3) is 0 Å². The molecule has 1 aromatic rings. The molecule has 2 rings (SSSR count). The summed E-state index contributed by atoms with van der Waals surface area (Å²) in [6.07, 6.45) is 6.96. The fourth-order valence-corrected chi connectivity index (χ4v) is 3.44. The Hall–Kier alpha value is -1.45. The highest BCUT2D eigenvalue weighted by Crippen LogP contribution is 2.43. The Balaban J connectivity index is 2.18. The predicted octanol–water partition coefficient (Wildman–Crippen LogP) is 4.51. The number of hydrogen-bond acceptors (Lipinski definition) is 2. The molecule has 0 N–H and O–H groups in total. The number of esters is 1. The van der Waals surface area contributed by atoms with E-state index in [2.05, 4.69) is 4.74 Å². The molecule has 1 fully saturated rings. The third-order valence-electron chi connectivity index (χ3n) is 4.55. The van der Waals surface area contributed by atoms with Crippen LogP contribution in [0, 0.1) is 11.6 Å². The van der Waals surface area contributed by atoms with E-state index in [0.717, 1.165) is 50.2 Å². The second-order valence-electron chi connectivity index (χ2n) is 5.93. The molecule has 1 aliphatic carbocycles. The molecule has 116 valence electrons. The van der Waals surface area contributed by atoms with Gasteiger partial charge in [-0.15, -0.1) is 0 Å². The van der Waals surface area contributed by atoms with Gasteiger partial charge in [-0.05, 0) is 48.8 Å². The summed E-state index contributed by atoms with van der Waals surface area (Å²) in [5, 5.41) is 0. The molecule has 1 aromatic carbocycles. The van der Waals surface area contributed by atoms with Crippen molar-refractivity contribution in [2.24, 2.45) is 0 Å². The Morgan fingerprint density at radius 1 is 1.14 bits per heavy atom. The van der Waals surface area contributed by atoms with Crippen LogP contribution in [-0.2, 0) is 14.9 Å². The summed E-state index contributed by atoms with van der Waals surface area (Å²) < 4.78 is 31.7. The number of carbonyl (C=O) groups is 1. The molecule has 0 unspecified atom stereocenters. The fraction of sp³-hybridized carbons (Fsp3) is 0.588. The lowest BCUT2D eigenvalue weighted by atomic mass is 9.66. The first-order chi connectivity index (χ1) is 10.1. The maximum Gasteiger partial charge on any atom is 0.305 e. The largest absolute Gasteiger partial charge is 0.469 e. The molecule has 4 heteroatoms. The molecule has 1 aliphatic rings. The summed E-state index contributed by atoms with van der Waals surface area (Å²) >= 11 is 0. The van der Waals surface area contributed by atoms with E-state index >= 15 is 0 Å². The van der Waals surface area contributed by atoms with Crippen molar-refractivity contribution in [2.75, 3.05) is 7.11 Å². The fourth-order valence-electron chi connectivity index (χ4n) is 3.44. The molecule has 0 saturated heterocycles. The topological polar surface area (TPSA) is 26.3 Å². The molecule has 1 saturated carbocycles. The zero-order chi connectivity index (χ0) is 15.3. The molecule has 0 radical (unpaired) electrons. The van der Waals surface area contributed by atoms with Crippen LogP contribution in [0.3, 0.4) is 0 Å². The molecular formula is C17H22F2O2. The maximum atomic E-state index is 13.5. The van der Waals surface area contributed by atoms with Gasteiger partial charge in [0.2, 0.25) is 0 Å². The number of rotatable bonds is 5. The van der Waals surface area contributed by atoms with Gasteiger partial charge in [0.05, 0.1) is 7.11 Å². The van der Waals surface area contributed by atoms with Crippen molar-refractivity contribution >= 4 is 5.97 Å². The smallest absolute Gasteiger partial charge is 0.305 e. The maximum absolute atomic E-state index is 13.5. The highest BCUT2D eigenvalue weighted by Gasteiger charge is 2.34. The molecule has 0 bridgehead atoms. The van der Waals surface area contributed by atoms with Gasteiger partial charge < -0.3 is 4.74 Å². The Kier molecular flexibility index (Phi) is 5.32. The zero-order valence-corrected chi connectivity index (χ0v) is 12.5. The Morgan fingerprint density at radius 3 is 2.33 bits per heavy atom. The standard InChI is InChI=1S/C17H22F2O2/c1-21-16(20)6-5-9-17(7-3-2-4-8-17)13-10-14(18)12-15(19)11-13/h10-12H,2-9H2,1H3. The number of halogens is 2. The van der Waals surface area contributed by atoms with Crippen LogP contribution >= 0.6 is 0 Å². The third kappa shape index (κ3) is 4.02. The van der Waals surface area contributed by atoms with E-state index in [1.54, 1.807) is 0 Å². The lowest BCUT2D eigenvalue weighted by Gasteiger charge is -2.38. The first-order valence-corrected chi connectivity index (χ1v) is 7.59. The zero-order valence-electron chi connectivity index (χ0n) is 12.5. The highest BCUT2D eigenvalue weighted by molar-refractivity contribution is 5.69. The number of ether oxygens (including phenoxy) is 1. The van der Waals surface area contributed by atoms with Crippen molar-refractivity contribution in [3.05, 3.63) is 35.4 Å². The number of benzene rings is 1. The lowest BCUT2D eigenvalue weighted by molar-refractivity contribution is -0.140. The molecule has 21 heavy (non-hydrogen) atoms. The van der Waals surface area contributed by atoms with Gasteiger partial charge in [0.15, 0.2) is 0 Å². The van der Waals surface area contributed by atoms with Crippen molar-refractivity contribution in [3.63, 3.8) is 0 Å². The molecule has 0 aromatic heterocycles. The molecule has 0 atom stereocenters. The highest BCUT2D eigenvalue weighted by atomic mass is 19.1. The van der Waals surface area contributed by atoms with Gasteiger partial charge >= 0.3 is 5.97 Å². The molecule has 0 spiro atoms. The van der Waals surface area contributed by atoms with Crippen LogP contribution in [-0.4, -0.2) is 13.1 Å². The van der Waals surface area contributed by atoms with Crippen molar-refractivity contribution < 1.29 is 18.3 Å². The van der Waals surface area contributed by atoms with Crippen LogP contribution in [0.2, 0.25) is 0 Å². The van der Waals surface area contributed by atoms with Crippen LogP contribution in [0.5, 0.6) is 0 Å². The average Bonchev–Trinajstić information content (AvgIpc) is 2.47. The van der Waals surface area contributed by atoms with Gasteiger partial charge in [-0.1, -0.05) is 19.3 Å². The van der Waals surface area contributed by atoms with E-state index in [0.29, 0.717) is 12.8 Å². The Labute approximate surface area is 124 Å². The van der Waals surface area contributed by atoms with Crippen LogP contribution in [0.4, 0.5) is 8.78 Å². The quantitative estimate of drug-likeness (QED) is 0.747. The first-order valence-electron chi connectivity index (χ1n) is 7.59. The van der Waals surface area contributed by atoms with Gasteiger partial charge in [0.1, 0.15) is 11.6 Å². The van der Waals surface area contributed by atoms with Crippen LogP contribution < -0.4 is 0 Å². The monoisotopic (exact) mass is 296 g/mol. The summed E-state index contributed by atoms with van der Waals surface area (Å²) in [5.74, 6) is -1.28. The summed E-state index contributed by atoms with van der Waals surface area (Å²) in [7, 11) is 1.38. The minimum Gasteiger partial charge on any atom is -0.469 e. The summed E-state index contributed by atoms with van der Waals surface area (Å²) in [6.45, 7) is 0. The molecule has 0 aliphatic heterocycles. The second kappa shape index (κ2) is 7.01. The first kappa shape index (κ1) is 15.9. The SMILES string of the molecule is COC(=O)CCCC1(c2cc(F)cc(F)c2)CCCCC1. The number of carbonyl (C=O) groups excluding carboxylic acids is 1. The Bertz CT molecular complexity index is 473. The van der Waals surface area contributed by atoms with E-state index < -0.39 is 11.6 Å². The molecular weight excluding hydrogens is 274 g/mol. The van der Waals surface area contributed by atoms with E-state index in [1.165, 1.54) is 19.2 Å². The molecule has 2 nitrogen and oxygen atoms in total. The van der Waals surface area contributed by atoms with Gasteiger partial charge in [-0.25, -0.2) is 8.78 Å². The van der Waals surface area contributed by atoms with Crippen molar-refractivity contribution in [1.82, 2.24) is 0 Å². The van der Waals surface area contributed by atoms with Crippen molar-refractivity contribution in [3.8, 4) is 0 Å². The number of methoxy groups -OCH3 is 1. The average molecular weight is 296 g/mol. The van der Waals surface area contributed by atoms with Crippen LogP contribution in [0.15, 0.2) is 18.2 Å². The third-order valence-corrected chi connectivity index (χ3v) is 4.55. The minimum atomic E-state index is -0.525. The Morgan fingerprint density at radius 2 is 1.76 bits per heavy atom. The normalized spacial score (nSPS) is 17.5. The van der Waals surface area contributed by atoms with Crippen LogP contribution in [0.1, 0.15) is 56.9 Å². The van der Waals surface area contributed by atoms with Gasteiger partial charge in [0.25, 0.3) is 0 Å². The summed E-state index contributed by atoms with van der Waals surface area (Å²) in [6, 6.07) is 3.81. The summed E-state index contributed by atoms with van der Waals surface area (Å²) in [5.41, 5.74) is 0.541. The van der Waals surface area contributed by atoms with Gasteiger partial charge in [0, 0.05) is 12.5 Å². The molecule has 0 amide bonds.